The van der Waals surface area contributed by atoms with Crippen molar-refractivity contribution in [3.8, 4) is 0 Å². The molecule has 0 rings (SSSR count). The van der Waals surface area contributed by atoms with E-state index in [4.69, 9.17) is 9.84 Å². The summed E-state index contributed by atoms with van der Waals surface area (Å²) in [5.74, 6) is -1.72. The Morgan fingerprint density at radius 1 is 1.35 bits per heavy atom. The van der Waals surface area contributed by atoms with Gasteiger partial charge in [-0.2, -0.15) is 0 Å². The third kappa shape index (κ3) is 9.77. The van der Waals surface area contributed by atoms with E-state index in [2.05, 4.69) is 0 Å². The molecule has 0 amide bonds. The predicted octanol–water partition coefficient (Wildman–Crippen LogP) is -1.48. The Hall–Kier alpha value is -1.14. The van der Waals surface area contributed by atoms with Crippen LogP contribution in [0.5, 0.6) is 0 Å². The molecule has 100 valence electrons. The molecule has 0 saturated carbocycles. The van der Waals surface area contributed by atoms with E-state index in [9.17, 15) is 14.7 Å². The standard InChI is InChI=1S/C11H21NO5/c1-12(2,3)8-9(7-10(14)15)17-11(16)5-4-6-13/h9,13H,4-8H2,1-3H3/t9-/m1/s1. The lowest BCUT2D eigenvalue weighted by Gasteiger charge is -2.29. The van der Waals surface area contributed by atoms with Crippen LogP contribution in [-0.2, 0) is 14.3 Å². The fraction of sp³-hybridized carbons (Fsp3) is 0.818. The third-order valence-corrected chi connectivity index (χ3v) is 1.98. The highest BCUT2D eigenvalue weighted by molar-refractivity contribution is 5.70. The zero-order valence-corrected chi connectivity index (χ0v) is 10.6. The molecule has 0 aromatic carbocycles. The van der Waals surface area contributed by atoms with Gasteiger partial charge < -0.3 is 24.2 Å². The third-order valence-electron chi connectivity index (χ3n) is 1.98. The number of hydrogen-bond donors (Lipinski definition) is 1. The molecule has 0 radical (unpaired) electrons. The predicted molar refractivity (Wildman–Crippen MR) is 58.7 cm³/mol. The van der Waals surface area contributed by atoms with E-state index < -0.39 is 18.0 Å². The quantitative estimate of drug-likeness (QED) is 0.417. The van der Waals surface area contributed by atoms with Crippen LogP contribution in [0.15, 0.2) is 0 Å². The van der Waals surface area contributed by atoms with Crippen molar-refractivity contribution in [3.63, 3.8) is 0 Å². The average Bonchev–Trinajstić information content (AvgIpc) is 2.10. The van der Waals surface area contributed by atoms with Crippen molar-refractivity contribution in [1.29, 1.82) is 0 Å². The molecule has 1 atom stereocenters. The maximum Gasteiger partial charge on any atom is 0.306 e. The number of quaternary nitrogens is 1. The summed E-state index contributed by atoms with van der Waals surface area (Å²) in [6, 6.07) is 0. The van der Waals surface area contributed by atoms with Gasteiger partial charge in [-0.15, -0.1) is 0 Å². The van der Waals surface area contributed by atoms with Crippen LogP contribution in [0.2, 0.25) is 0 Å². The molecular formula is C11H21NO5. The van der Waals surface area contributed by atoms with Gasteiger partial charge in [0.1, 0.15) is 6.54 Å². The molecule has 6 nitrogen and oxygen atoms in total. The number of ether oxygens (including phenoxy) is 1. The summed E-state index contributed by atoms with van der Waals surface area (Å²) >= 11 is 0. The normalized spacial score (nSPS) is 13.2. The van der Waals surface area contributed by atoms with E-state index >= 15 is 0 Å². The van der Waals surface area contributed by atoms with Crippen molar-refractivity contribution in [2.75, 3.05) is 34.3 Å². The molecule has 0 unspecified atom stereocenters. The van der Waals surface area contributed by atoms with Crippen LogP contribution < -0.4 is 5.11 Å². The van der Waals surface area contributed by atoms with Crippen molar-refractivity contribution in [2.45, 2.75) is 25.4 Å². The first-order valence-electron chi connectivity index (χ1n) is 5.55. The monoisotopic (exact) mass is 247 g/mol. The summed E-state index contributed by atoms with van der Waals surface area (Å²) in [5.41, 5.74) is 0. The number of rotatable bonds is 8. The molecule has 0 saturated heterocycles. The first-order valence-corrected chi connectivity index (χ1v) is 5.55. The molecule has 6 heteroatoms. The molecule has 0 spiro atoms. The zero-order chi connectivity index (χ0) is 13.5. The number of nitrogens with zero attached hydrogens (tertiary/aromatic N) is 1. The van der Waals surface area contributed by atoms with Gasteiger partial charge in [0.05, 0.1) is 21.1 Å². The van der Waals surface area contributed by atoms with Crippen molar-refractivity contribution in [3.05, 3.63) is 0 Å². The largest absolute Gasteiger partial charge is 0.550 e. The highest BCUT2D eigenvalue weighted by atomic mass is 16.5. The lowest BCUT2D eigenvalue weighted by Crippen LogP contribution is -2.45. The number of aliphatic hydroxyl groups is 1. The number of carbonyl (C=O) groups excluding carboxylic acids is 2. The van der Waals surface area contributed by atoms with E-state index in [0.717, 1.165) is 0 Å². The van der Waals surface area contributed by atoms with E-state index in [1.54, 1.807) is 0 Å². The lowest BCUT2D eigenvalue weighted by molar-refractivity contribution is -0.873. The maximum atomic E-state index is 11.3. The van der Waals surface area contributed by atoms with Crippen LogP contribution in [0.4, 0.5) is 0 Å². The number of carboxylic acid groups (broad SMARTS) is 1. The fourth-order valence-electron chi connectivity index (χ4n) is 1.41. The molecule has 0 aliphatic rings. The van der Waals surface area contributed by atoms with Gasteiger partial charge in [0.25, 0.3) is 0 Å². The van der Waals surface area contributed by atoms with Crippen LogP contribution in [0, 0.1) is 0 Å². The second kappa shape index (κ2) is 7.24. The first kappa shape index (κ1) is 15.9. The van der Waals surface area contributed by atoms with Crippen molar-refractivity contribution in [1.82, 2.24) is 0 Å². The van der Waals surface area contributed by atoms with Gasteiger partial charge in [-0.1, -0.05) is 0 Å². The summed E-state index contributed by atoms with van der Waals surface area (Å²) in [7, 11) is 5.64. The average molecular weight is 247 g/mol. The second-order valence-electron chi connectivity index (χ2n) is 4.99. The molecule has 0 aromatic rings. The smallest absolute Gasteiger partial charge is 0.306 e. The number of aliphatic hydroxyl groups excluding tert-OH is 1. The minimum atomic E-state index is -1.24. The van der Waals surface area contributed by atoms with E-state index in [1.165, 1.54) is 0 Å². The SMILES string of the molecule is C[N+](C)(C)C[C@@H](CC(=O)[O-])OC(=O)CCCO. The fourth-order valence-corrected chi connectivity index (χ4v) is 1.41. The van der Waals surface area contributed by atoms with Crippen LogP contribution in [-0.4, -0.2) is 61.9 Å². The molecule has 1 N–H and O–H groups in total. The Balaban J connectivity index is 4.28. The molecule has 0 fully saturated rings. The summed E-state index contributed by atoms with van der Waals surface area (Å²) < 4.78 is 5.54. The molecular weight excluding hydrogens is 226 g/mol. The van der Waals surface area contributed by atoms with Gasteiger partial charge in [0.2, 0.25) is 0 Å². The first-order chi connectivity index (χ1) is 7.74. The van der Waals surface area contributed by atoms with Crippen LogP contribution >= 0.6 is 0 Å². The summed E-state index contributed by atoms with van der Waals surface area (Å²) in [5, 5.41) is 19.1. The molecule has 0 aliphatic heterocycles. The Kier molecular flexibility index (Phi) is 6.75. The van der Waals surface area contributed by atoms with E-state index in [-0.39, 0.29) is 19.4 Å². The van der Waals surface area contributed by atoms with E-state index in [0.29, 0.717) is 17.4 Å². The van der Waals surface area contributed by atoms with Gasteiger partial charge in [-0.05, 0) is 6.42 Å². The molecule has 0 aliphatic carbocycles. The minimum Gasteiger partial charge on any atom is -0.550 e. The van der Waals surface area contributed by atoms with Gasteiger partial charge in [-0.3, -0.25) is 4.79 Å². The Morgan fingerprint density at radius 2 is 1.94 bits per heavy atom. The number of aliphatic carboxylic acids is 1. The van der Waals surface area contributed by atoms with Gasteiger partial charge in [0, 0.05) is 25.4 Å². The highest BCUT2D eigenvalue weighted by Gasteiger charge is 2.22. The number of hydrogen-bond acceptors (Lipinski definition) is 5. The molecule has 0 bridgehead atoms. The Bertz CT molecular complexity index is 259. The zero-order valence-electron chi connectivity index (χ0n) is 10.6. The Morgan fingerprint density at radius 3 is 2.35 bits per heavy atom. The van der Waals surface area contributed by atoms with Crippen molar-refractivity contribution < 1.29 is 29.0 Å². The minimum absolute atomic E-state index is 0.0877. The van der Waals surface area contributed by atoms with Crippen molar-refractivity contribution >= 4 is 11.9 Å². The summed E-state index contributed by atoms with van der Waals surface area (Å²) in [4.78, 5) is 21.9. The molecule has 17 heavy (non-hydrogen) atoms. The van der Waals surface area contributed by atoms with Crippen LogP contribution in [0.3, 0.4) is 0 Å². The Labute approximate surface area is 101 Å². The second-order valence-corrected chi connectivity index (χ2v) is 4.99. The van der Waals surface area contributed by atoms with Crippen molar-refractivity contribution in [2.24, 2.45) is 0 Å². The van der Waals surface area contributed by atoms with Gasteiger partial charge in [0.15, 0.2) is 6.10 Å². The number of carboxylic acids is 1. The number of carbonyl (C=O) groups is 2. The molecule has 0 aromatic heterocycles. The summed E-state index contributed by atoms with van der Waals surface area (Å²) in [6.45, 7) is 0.314. The van der Waals surface area contributed by atoms with E-state index in [1.807, 2.05) is 21.1 Å². The highest BCUT2D eigenvalue weighted by Crippen LogP contribution is 2.06. The van der Waals surface area contributed by atoms with Crippen LogP contribution in [0.25, 0.3) is 0 Å². The van der Waals surface area contributed by atoms with Gasteiger partial charge in [-0.25, -0.2) is 0 Å². The van der Waals surface area contributed by atoms with Crippen LogP contribution in [0.1, 0.15) is 19.3 Å². The lowest BCUT2D eigenvalue weighted by atomic mass is 10.2. The summed E-state index contributed by atoms with van der Waals surface area (Å²) in [6.07, 6.45) is -0.579. The topological polar surface area (TPSA) is 86.7 Å². The number of likely N-dealkylation sites (N-methyl/N-ethyl adjacent to an activating group) is 1. The number of esters is 1. The molecule has 0 heterocycles. The maximum absolute atomic E-state index is 11.3. The van der Waals surface area contributed by atoms with Gasteiger partial charge >= 0.3 is 5.97 Å².